The first-order valence-corrected chi connectivity index (χ1v) is 6.71. The molecule has 96 valence electrons. The predicted molar refractivity (Wildman–Crippen MR) is 75.9 cm³/mol. The monoisotopic (exact) mass is 282 g/mol. The summed E-state index contributed by atoms with van der Waals surface area (Å²) in [4.78, 5) is 13.4. The van der Waals surface area contributed by atoms with Gasteiger partial charge in [-0.1, -0.05) is 0 Å². The van der Waals surface area contributed by atoms with Crippen LogP contribution in [0.25, 0.3) is 32.5 Å². The molecule has 0 aliphatic heterocycles. The number of halogens is 1. The first kappa shape index (κ1) is 11.4. The van der Waals surface area contributed by atoms with Gasteiger partial charge in [0, 0.05) is 18.0 Å². The summed E-state index contributed by atoms with van der Waals surface area (Å²) in [7, 11) is 0. The van der Waals surface area contributed by atoms with Gasteiger partial charge in [-0.3, -0.25) is 4.98 Å². The summed E-state index contributed by atoms with van der Waals surface area (Å²) >= 11 is 1.16. The van der Waals surface area contributed by atoms with Crippen molar-refractivity contribution in [3.05, 3.63) is 48.7 Å². The van der Waals surface area contributed by atoms with Crippen LogP contribution >= 0.6 is 11.5 Å². The van der Waals surface area contributed by atoms with Crippen LogP contribution in [0.3, 0.4) is 0 Å². The van der Waals surface area contributed by atoms with Crippen LogP contribution in [0.15, 0.2) is 42.9 Å². The maximum Gasteiger partial charge on any atom is 0.164 e. The van der Waals surface area contributed by atoms with E-state index in [2.05, 4.69) is 19.3 Å². The van der Waals surface area contributed by atoms with E-state index in [1.54, 1.807) is 24.5 Å². The lowest BCUT2D eigenvalue weighted by molar-refractivity contribution is 0.650. The molecule has 0 aliphatic rings. The Hall–Kier alpha value is -2.47. The van der Waals surface area contributed by atoms with Crippen molar-refractivity contribution in [3.8, 4) is 11.3 Å². The van der Waals surface area contributed by atoms with Gasteiger partial charge in [0.25, 0.3) is 0 Å². The van der Waals surface area contributed by atoms with Gasteiger partial charge in [-0.05, 0) is 35.8 Å². The standard InChI is InChI=1S/C14H7FN4S/c15-12-9-3-4-11(8-2-1-5-16-6-8)18-13(9)19-14-10(12)7-17-20-14/h1-7H. The quantitative estimate of drug-likeness (QED) is 0.536. The molecule has 6 heteroatoms. The Kier molecular flexibility index (Phi) is 2.43. The Morgan fingerprint density at radius 1 is 1.00 bits per heavy atom. The van der Waals surface area contributed by atoms with Crippen LogP contribution in [0.5, 0.6) is 0 Å². The van der Waals surface area contributed by atoms with E-state index in [4.69, 9.17) is 0 Å². The van der Waals surface area contributed by atoms with Gasteiger partial charge in [0.05, 0.1) is 22.7 Å². The number of fused-ring (bicyclic) bond motifs is 2. The van der Waals surface area contributed by atoms with Gasteiger partial charge in [-0.15, -0.1) is 0 Å². The number of aromatic nitrogens is 4. The number of nitrogens with zero attached hydrogens (tertiary/aromatic N) is 4. The fraction of sp³-hybridized carbons (Fsp3) is 0. The second kappa shape index (κ2) is 4.28. The molecular weight excluding hydrogens is 275 g/mol. The van der Waals surface area contributed by atoms with E-state index < -0.39 is 0 Å². The van der Waals surface area contributed by atoms with Gasteiger partial charge >= 0.3 is 0 Å². The molecular formula is C14H7FN4S. The van der Waals surface area contributed by atoms with Crippen molar-refractivity contribution in [2.45, 2.75) is 0 Å². The summed E-state index contributed by atoms with van der Waals surface area (Å²) in [5, 5.41) is 0.851. The van der Waals surface area contributed by atoms with Crippen LogP contribution in [-0.4, -0.2) is 19.3 Å². The van der Waals surface area contributed by atoms with Gasteiger partial charge in [0.15, 0.2) is 5.65 Å². The molecule has 0 spiro atoms. The number of pyridine rings is 3. The van der Waals surface area contributed by atoms with Crippen molar-refractivity contribution in [1.82, 2.24) is 19.3 Å². The maximum atomic E-state index is 14.3. The van der Waals surface area contributed by atoms with Crippen LogP contribution in [0.4, 0.5) is 4.39 Å². The van der Waals surface area contributed by atoms with Gasteiger partial charge in [-0.2, -0.15) is 4.37 Å². The normalized spacial score (nSPS) is 11.2. The van der Waals surface area contributed by atoms with E-state index >= 15 is 0 Å². The molecule has 4 aromatic rings. The molecule has 0 aliphatic carbocycles. The average Bonchev–Trinajstić information content (AvgIpc) is 2.96. The lowest BCUT2D eigenvalue weighted by atomic mass is 10.1. The van der Waals surface area contributed by atoms with Gasteiger partial charge in [0.2, 0.25) is 0 Å². The molecule has 4 nitrogen and oxygen atoms in total. The van der Waals surface area contributed by atoms with Crippen molar-refractivity contribution < 1.29 is 4.39 Å². The third-order valence-corrected chi connectivity index (χ3v) is 3.76. The zero-order valence-electron chi connectivity index (χ0n) is 10.1. The molecule has 0 saturated carbocycles. The zero-order chi connectivity index (χ0) is 13.5. The molecule has 0 atom stereocenters. The molecule has 0 radical (unpaired) electrons. The molecule has 0 saturated heterocycles. The topological polar surface area (TPSA) is 51.6 Å². The summed E-state index contributed by atoms with van der Waals surface area (Å²) in [6.07, 6.45) is 4.91. The van der Waals surface area contributed by atoms with Crippen molar-refractivity contribution >= 4 is 32.8 Å². The maximum absolute atomic E-state index is 14.3. The molecule has 0 bridgehead atoms. The second-order valence-electron chi connectivity index (χ2n) is 4.28. The third kappa shape index (κ3) is 1.65. The molecule has 0 amide bonds. The minimum atomic E-state index is -0.316. The Morgan fingerprint density at radius 3 is 2.80 bits per heavy atom. The fourth-order valence-electron chi connectivity index (χ4n) is 2.09. The Labute approximate surface area is 117 Å². The minimum Gasteiger partial charge on any atom is -0.264 e. The van der Waals surface area contributed by atoms with Crippen LogP contribution < -0.4 is 0 Å². The fourth-order valence-corrected chi connectivity index (χ4v) is 2.71. The van der Waals surface area contributed by atoms with E-state index in [1.165, 1.54) is 6.20 Å². The molecule has 4 heterocycles. The van der Waals surface area contributed by atoms with Crippen molar-refractivity contribution in [2.75, 3.05) is 0 Å². The van der Waals surface area contributed by atoms with Crippen molar-refractivity contribution in [2.24, 2.45) is 0 Å². The summed E-state index contributed by atoms with van der Waals surface area (Å²) < 4.78 is 18.3. The highest BCUT2D eigenvalue weighted by Crippen LogP contribution is 2.27. The van der Waals surface area contributed by atoms with Crippen LogP contribution in [0.2, 0.25) is 0 Å². The highest BCUT2D eigenvalue weighted by molar-refractivity contribution is 7.12. The highest BCUT2D eigenvalue weighted by atomic mass is 32.1. The van der Waals surface area contributed by atoms with Gasteiger partial charge in [0.1, 0.15) is 10.6 Å². The molecule has 20 heavy (non-hydrogen) atoms. The Bertz CT molecular complexity index is 920. The largest absolute Gasteiger partial charge is 0.264 e. The van der Waals surface area contributed by atoms with E-state index in [0.717, 1.165) is 22.8 Å². The van der Waals surface area contributed by atoms with Crippen LogP contribution in [0.1, 0.15) is 0 Å². The van der Waals surface area contributed by atoms with Crippen LogP contribution in [-0.2, 0) is 0 Å². The minimum absolute atomic E-state index is 0.316. The summed E-state index contributed by atoms with van der Waals surface area (Å²) in [6.45, 7) is 0. The first-order chi connectivity index (χ1) is 9.83. The molecule has 0 aromatic carbocycles. The number of hydrogen-bond acceptors (Lipinski definition) is 5. The second-order valence-corrected chi connectivity index (χ2v) is 5.06. The van der Waals surface area contributed by atoms with Gasteiger partial charge < -0.3 is 0 Å². The third-order valence-electron chi connectivity index (χ3n) is 3.06. The smallest absolute Gasteiger partial charge is 0.164 e. The van der Waals surface area contributed by atoms with E-state index in [0.29, 0.717) is 21.3 Å². The van der Waals surface area contributed by atoms with E-state index in [1.807, 2.05) is 12.1 Å². The lowest BCUT2D eigenvalue weighted by Crippen LogP contribution is -1.91. The van der Waals surface area contributed by atoms with Crippen molar-refractivity contribution in [1.29, 1.82) is 0 Å². The summed E-state index contributed by atoms with van der Waals surface area (Å²) in [5.74, 6) is -0.316. The molecule has 0 N–H and O–H groups in total. The zero-order valence-corrected chi connectivity index (χ0v) is 10.9. The highest BCUT2D eigenvalue weighted by Gasteiger charge is 2.12. The summed E-state index contributed by atoms with van der Waals surface area (Å²) in [5.41, 5.74) is 1.99. The SMILES string of the molecule is Fc1c2ccc(-c3cccnc3)nc2nc2sncc12. The van der Waals surface area contributed by atoms with Gasteiger partial charge in [-0.25, -0.2) is 14.4 Å². The van der Waals surface area contributed by atoms with Crippen LogP contribution in [0, 0.1) is 5.82 Å². The van der Waals surface area contributed by atoms with E-state index in [-0.39, 0.29) is 5.82 Å². The van der Waals surface area contributed by atoms with E-state index in [9.17, 15) is 4.39 Å². The Morgan fingerprint density at radius 2 is 1.95 bits per heavy atom. The first-order valence-electron chi connectivity index (χ1n) is 5.94. The molecule has 0 fully saturated rings. The molecule has 0 unspecified atom stereocenters. The Balaban J connectivity index is 2.02. The number of hydrogen-bond donors (Lipinski definition) is 0. The molecule has 4 aromatic heterocycles. The molecule has 4 rings (SSSR count). The lowest BCUT2D eigenvalue weighted by Gasteiger charge is -2.03. The number of rotatable bonds is 1. The predicted octanol–water partition coefficient (Wildman–Crippen LogP) is 3.44. The average molecular weight is 282 g/mol. The summed E-state index contributed by atoms with van der Waals surface area (Å²) in [6, 6.07) is 7.21. The van der Waals surface area contributed by atoms with Crippen molar-refractivity contribution in [3.63, 3.8) is 0 Å².